The smallest absolute Gasteiger partial charge is 0.179 e. The van der Waals surface area contributed by atoms with Gasteiger partial charge >= 0.3 is 0 Å². The maximum absolute atomic E-state index is 6.38. The molecule has 0 aliphatic heterocycles. The highest BCUT2D eigenvalue weighted by Gasteiger charge is 2.39. The van der Waals surface area contributed by atoms with Gasteiger partial charge in [-0.1, -0.05) is 102 Å². The summed E-state index contributed by atoms with van der Waals surface area (Å²) in [5, 5.41) is 18.1. The number of halogens is 1. The Kier molecular flexibility index (Phi) is 19.2. The lowest BCUT2D eigenvalue weighted by molar-refractivity contribution is 0.0421. The summed E-state index contributed by atoms with van der Waals surface area (Å²) in [6, 6.07) is 23.0. The van der Waals surface area contributed by atoms with Crippen LogP contribution in [0.2, 0.25) is 51.4 Å². The summed E-state index contributed by atoms with van der Waals surface area (Å²) < 4.78 is 40.6. The molecule has 0 radical (unpaired) electrons. The highest BCUT2D eigenvalue weighted by Crippen LogP contribution is 2.44. The molecule has 75 heavy (non-hydrogen) atoms. The molecule has 2 aliphatic rings. The topological polar surface area (TPSA) is 162 Å². The van der Waals surface area contributed by atoms with Crippen LogP contribution in [0, 0.1) is 11.8 Å². The summed E-state index contributed by atoms with van der Waals surface area (Å²) in [6.45, 7) is 21.9. The first-order chi connectivity index (χ1) is 36.2. The summed E-state index contributed by atoms with van der Waals surface area (Å²) in [5.41, 5.74) is 7.73. The van der Waals surface area contributed by atoms with Crippen LogP contribution in [0.5, 0.6) is 11.5 Å². The molecular weight excluding hydrogens is 1000 g/mol. The van der Waals surface area contributed by atoms with Crippen molar-refractivity contribution in [2.24, 2.45) is 11.8 Å². The molecule has 0 spiro atoms. The summed E-state index contributed by atoms with van der Waals surface area (Å²) in [6.07, 6.45) is 14.2. The Labute approximate surface area is 449 Å². The number of aromatic nitrogens is 10. The van der Waals surface area contributed by atoms with Gasteiger partial charge in [-0.25, -0.2) is 9.97 Å². The zero-order valence-corrected chi connectivity index (χ0v) is 48.6. The molecule has 8 aromatic rings. The molecule has 2 aromatic carbocycles. The fraction of sp³-hybridized carbons (Fsp3) is 0.536. The van der Waals surface area contributed by atoms with Gasteiger partial charge in [0.25, 0.3) is 0 Å². The van der Waals surface area contributed by atoms with E-state index in [0.29, 0.717) is 49.7 Å². The van der Waals surface area contributed by atoms with Gasteiger partial charge in [-0.05, 0) is 97.1 Å². The van der Waals surface area contributed by atoms with Crippen LogP contribution < -0.4 is 9.47 Å². The third-order valence-electron chi connectivity index (χ3n) is 14.7. The van der Waals surface area contributed by atoms with E-state index in [4.69, 9.17) is 45.0 Å². The third-order valence-corrected chi connectivity index (χ3v) is 18.3. The van der Waals surface area contributed by atoms with Crippen LogP contribution in [-0.2, 0) is 38.9 Å². The van der Waals surface area contributed by atoms with Crippen LogP contribution in [0.15, 0.2) is 85.5 Å². The van der Waals surface area contributed by atoms with E-state index in [1.165, 1.54) is 6.04 Å². The molecule has 6 unspecified atom stereocenters. The summed E-state index contributed by atoms with van der Waals surface area (Å²) in [4.78, 5) is 12.3. The van der Waals surface area contributed by atoms with Crippen molar-refractivity contribution in [1.29, 1.82) is 0 Å². The lowest BCUT2D eigenvalue weighted by Crippen LogP contribution is -2.22. The monoisotopic (exact) mass is 1080 g/mol. The molecule has 0 bridgehead atoms. The molecule has 0 amide bonds. The Morgan fingerprint density at radius 2 is 1.12 bits per heavy atom. The third kappa shape index (κ3) is 14.4. The van der Waals surface area contributed by atoms with Gasteiger partial charge in [-0.15, -0.1) is 20.4 Å². The molecule has 2 aliphatic carbocycles. The van der Waals surface area contributed by atoms with Crippen molar-refractivity contribution < 1.29 is 28.4 Å². The number of aromatic amines is 1. The lowest BCUT2D eigenvalue weighted by Gasteiger charge is -2.16. The number of nitrogens with zero attached hydrogens (tertiary/aromatic N) is 9. The first-order valence-corrected chi connectivity index (χ1v) is 34.7. The van der Waals surface area contributed by atoms with Gasteiger partial charge in [0.15, 0.2) is 22.6 Å². The second kappa shape index (κ2) is 25.8. The van der Waals surface area contributed by atoms with Crippen molar-refractivity contribution in [3.8, 4) is 11.5 Å². The fourth-order valence-electron chi connectivity index (χ4n) is 10.3. The number of fused-ring (bicyclic) bond motifs is 6. The van der Waals surface area contributed by atoms with E-state index >= 15 is 0 Å². The highest BCUT2D eigenvalue weighted by molar-refractivity contribution is 6.76. The summed E-state index contributed by atoms with van der Waals surface area (Å²) in [7, 11) is 1.37. The van der Waals surface area contributed by atoms with Crippen LogP contribution in [-0.4, -0.2) is 111 Å². The van der Waals surface area contributed by atoms with E-state index in [1.54, 1.807) is 20.4 Å². The maximum Gasteiger partial charge on any atom is 0.179 e. The van der Waals surface area contributed by atoms with E-state index in [0.717, 1.165) is 126 Å². The predicted octanol–water partition coefficient (Wildman–Crippen LogP) is 12.5. The molecule has 6 atom stereocenters. The molecule has 404 valence electrons. The fourth-order valence-corrected chi connectivity index (χ4v) is 11.9. The van der Waals surface area contributed by atoms with Gasteiger partial charge in [-0.2, -0.15) is 0 Å². The van der Waals surface area contributed by atoms with Crippen LogP contribution >= 0.6 is 11.6 Å². The van der Waals surface area contributed by atoms with Gasteiger partial charge in [0, 0.05) is 53.6 Å². The van der Waals surface area contributed by atoms with Crippen molar-refractivity contribution in [1.82, 2.24) is 48.7 Å². The summed E-state index contributed by atoms with van der Waals surface area (Å²) in [5.74, 6) is 5.43. The minimum absolute atomic E-state index is 0.200. The second-order valence-electron chi connectivity index (χ2n) is 22.5. The Hall–Kier alpha value is -5.22. The number of rotatable bonds is 21. The Balaban J connectivity index is 0.000000175. The van der Waals surface area contributed by atoms with Crippen molar-refractivity contribution in [3.63, 3.8) is 0 Å². The van der Waals surface area contributed by atoms with E-state index in [2.05, 4.69) is 133 Å². The van der Waals surface area contributed by atoms with Crippen LogP contribution in [0.3, 0.4) is 0 Å². The average Bonchev–Trinajstić information content (AvgIpc) is 4.29. The van der Waals surface area contributed by atoms with Gasteiger partial charge in [-0.3, -0.25) is 8.80 Å². The Morgan fingerprint density at radius 3 is 1.61 bits per heavy atom. The first kappa shape index (κ1) is 56.0. The molecular formula is C56H79ClN10O6Si2. The van der Waals surface area contributed by atoms with Gasteiger partial charge in [0.1, 0.15) is 35.9 Å². The number of alkyl halides is 1. The molecule has 19 heteroatoms. The first-order valence-electron chi connectivity index (χ1n) is 26.8. The normalized spacial score (nSPS) is 19.9. The number of benzene rings is 2. The van der Waals surface area contributed by atoms with E-state index in [1.807, 2.05) is 42.7 Å². The molecule has 6 aromatic heterocycles. The SMILES string of the molecule is CCC1CC(OCc2ccc(OC)cc2)CC1c1nnc2cnc3[nH]ccc3n12.CCC1CC(OCc2ccc(OC)cc2)CC1c1nnc2cnc3c(ccn3COCC[Si](C)(C)C)n12.C[Si](C)(C)CCOCCl. The molecule has 6 heterocycles. The Bertz CT molecular complexity index is 3020. The molecule has 2 fully saturated rings. The molecule has 16 nitrogen and oxygen atoms in total. The minimum Gasteiger partial charge on any atom is -0.497 e. The van der Waals surface area contributed by atoms with Crippen LogP contribution in [0.1, 0.15) is 87.0 Å². The lowest BCUT2D eigenvalue weighted by atomic mass is 9.93. The van der Waals surface area contributed by atoms with Crippen molar-refractivity contribution >= 4 is 61.4 Å². The zero-order valence-electron chi connectivity index (χ0n) is 45.8. The van der Waals surface area contributed by atoms with Crippen molar-refractivity contribution in [3.05, 3.63) is 108 Å². The highest BCUT2D eigenvalue weighted by atomic mass is 35.5. The van der Waals surface area contributed by atoms with Crippen molar-refractivity contribution in [2.45, 2.75) is 148 Å². The van der Waals surface area contributed by atoms with Crippen LogP contribution in [0.4, 0.5) is 0 Å². The molecule has 0 saturated heterocycles. The molecule has 2 saturated carbocycles. The number of nitrogens with one attached hydrogen (secondary N) is 1. The average molecular weight is 1080 g/mol. The Morgan fingerprint density at radius 1 is 0.613 bits per heavy atom. The minimum atomic E-state index is -1.11. The number of hydrogen-bond donors (Lipinski definition) is 1. The maximum atomic E-state index is 6.38. The van der Waals surface area contributed by atoms with E-state index in [-0.39, 0.29) is 12.2 Å². The van der Waals surface area contributed by atoms with E-state index < -0.39 is 16.1 Å². The zero-order chi connectivity index (χ0) is 53.1. The van der Waals surface area contributed by atoms with E-state index in [9.17, 15) is 0 Å². The number of H-pyrrole nitrogens is 1. The van der Waals surface area contributed by atoms with Gasteiger partial charge in [0.05, 0.1) is 63.1 Å². The summed E-state index contributed by atoms with van der Waals surface area (Å²) >= 11 is 5.32. The quantitative estimate of drug-likeness (QED) is 0.0412. The predicted molar refractivity (Wildman–Crippen MR) is 303 cm³/mol. The number of methoxy groups -OCH3 is 2. The van der Waals surface area contributed by atoms with Gasteiger partial charge < -0.3 is 38.0 Å². The number of hydrogen-bond acceptors (Lipinski definition) is 12. The largest absolute Gasteiger partial charge is 0.497 e. The van der Waals surface area contributed by atoms with Crippen molar-refractivity contribution in [2.75, 3.05) is 33.5 Å². The molecule has 10 rings (SSSR count). The number of ether oxygens (including phenoxy) is 6. The second-order valence-corrected chi connectivity index (χ2v) is 33.9. The van der Waals surface area contributed by atoms with Crippen LogP contribution in [0.25, 0.3) is 33.6 Å². The van der Waals surface area contributed by atoms with Gasteiger partial charge in [0.2, 0.25) is 0 Å². The standard InChI is InChI=1S/C28H39N5O3Si.C22H25N5O2.C6H15ClOSi/c1-6-21-15-23(36-18-20-7-9-22(34-2)10-8-20)16-24(21)27-31-30-26-17-29-28-25(33(26)27)11-12-32(28)19-35-13-14-37(3,4)5;1-3-15-10-17(29-13-14-4-6-16(28-2)7-5-14)11-18(15)22-26-25-20-12-24-21-19(27(20)22)8-9-23-21;1-9(2,3)5-4-8-6-7/h7-12,17,21,23-24H,6,13-16,18-19H2,1-5H3;4-9,12,15,17-18,23H,3,10-11,13H2,1-2H3;4-6H2,1-3H3. The molecule has 1 N–H and O–H groups in total.